The molecule has 0 saturated heterocycles. The Kier molecular flexibility index (Phi) is 1.40. The number of ketones is 1. The van der Waals surface area contributed by atoms with Crippen molar-refractivity contribution in [3.63, 3.8) is 0 Å². The minimum absolute atomic E-state index is 0.00347. The van der Waals surface area contributed by atoms with Crippen LogP contribution in [-0.4, -0.2) is 15.8 Å². The zero-order chi connectivity index (χ0) is 8.55. The first-order valence-corrected chi connectivity index (χ1v) is 3.56. The summed E-state index contributed by atoms with van der Waals surface area (Å²) in [5.74, 6) is -0.00347. The fourth-order valence-electron chi connectivity index (χ4n) is 1.15. The second-order valence-corrected chi connectivity index (χ2v) is 2.55. The van der Waals surface area contributed by atoms with Gasteiger partial charge in [0.25, 0.3) is 0 Å². The molecule has 1 N–H and O–H groups in total. The highest BCUT2D eigenvalue weighted by Crippen LogP contribution is 2.13. The van der Waals surface area contributed by atoms with E-state index in [1.807, 2.05) is 0 Å². The number of nitrogens with one attached hydrogen (secondary N) is 1. The van der Waals surface area contributed by atoms with E-state index in [9.17, 15) is 9.59 Å². The topological polar surface area (TPSA) is 62.8 Å². The van der Waals surface area contributed by atoms with E-state index in [0.29, 0.717) is 17.7 Å². The minimum Gasteiger partial charge on any atom is -0.305 e. The Morgan fingerprint density at radius 3 is 3.08 bits per heavy atom. The Labute approximate surface area is 68.0 Å². The molecule has 1 aliphatic rings. The fraction of sp³-hybridized carbons (Fsp3) is 0.125. The van der Waals surface area contributed by atoms with Gasteiger partial charge in [0, 0.05) is 12.6 Å². The van der Waals surface area contributed by atoms with Crippen LogP contribution in [0, 0.1) is 0 Å². The number of hydrogen-bond acceptors (Lipinski definition) is 3. The number of nitrogens with zero attached hydrogens (tertiary/aromatic N) is 1. The Bertz CT molecular complexity index is 417. The van der Waals surface area contributed by atoms with Crippen LogP contribution in [0.5, 0.6) is 0 Å². The average molecular weight is 162 g/mol. The van der Waals surface area contributed by atoms with Crippen molar-refractivity contribution >= 4 is 11.9 Å². The first-order valence-electron chi connectivity index (χ1n) is 3.56. The zero-order valence-electron chi connectivity index (χ0n) is 6.20. The molecule has 1 aliphatic carbocycles. The third-order valence-electron chi connectivity index (χ3n) is 1.73. The van der Waals surface area contributed by atoms with Gasteiger partial charge in [-0.1, -0.05) is 6.08 Å². The van der Waals surface area contributed by atoms with E-state index in [1.165, 1.54) is 6.20 Å². The summed E-state index contributed by atoms with van der Waals surface area (Å²) in [6, 6.07) is 0. The second-order valence-electron chi connectivity index (χ2n) is 2.55. The van der Waals surface area contributed by atoms with Gasteiger partial charge in [0.1, 0.15) is 0 Å². The molecule has 4 heteroatoms. The lowest BCUT2D eigenvalue weighted by molar-refractivity contribution is 0.0993. The molecule has 0 atom stereocenters. The number of H-pyrrole nitrogens is 1. The standard InChI is InChI=1S/C8H6N2O2/c11-7-3-1-2-6-5(7)4-9-8(12)10-6/h1-2,4H,3H2,(H,9,10,12). The summed E-state index contributed by atoms with van der Waals surface area (Å²) >= 11 is 0. The largest absolute Gasteiger partial charge is 0.345 e. The van der Waals surface area contributed by atoms with Crippen LogP contribution in [0.1, 0.15) is 22.5 Å². The summed E-state index contributed by atoms with van der Waals surface area (Å²) in [7, 11) is 0. The van der Waals surface area contributed by atoms with Crippen LogP contribution in [0.25, 0.3) is 6.08 Å². The summed E-state index contributed by atoms with van der Waals surface area (Å²) in [5, 5.41) is 0. The van der Waals surface area contributed by atoms with E-state index in [1.54, 1.807) is 12.2 Å². The molecule has 0 radical (unpaired) electrons. The van der Waals surface area contributed by atoms with Gasteiger partial charge in [-0.3, -0.25) is 4.79 Å². The zero-order valence-corrected chi connectivity index (χ0v) is 6.20. The molecule has 0 bridgehead atoms. The van der Waals surface area contributed by atoms with Crippen molar-refractivity contribution in [3.05, 3.63) is 34.0 Å². The predicted octanol–water partition coefficient (Wildman–Crippen LogP) is 0.369. The number of rotatable bonds is 0. The highest BCUT2D eigenvalue weighted by Gasteiger charge is 2.13. The number of Topliss-reactive ketones (excluding diaryl/α,β-unsaturated/α-hetero) is 1. The van der Waals surface area contributed by atoms with Gasteiger partial charge in [0.15, 0.2) is 5.78 Å². The molecule has 0 aliphatic heterocycles. The maximum atomic E-state index is 11.2. The highest BCUT2D eigenvalue weighted by molar-refractivity contribution is 6.01. The van der Waals surface area contributed by atoms with E-state index in [2.05, 4.69) is 9.97 Å². The van der Waals surface area contributed by atoms with E-state index in [0.717, 1.165) is 0 Å². The van der Waals surface area contributed by atoms with E-state index in [-0.39, 0.29) is 5.78 Å². The van der Waals surface area contributed by atoms with Crippen LogP contribution in [0.15, 0.2) is 17.1 Å². The SMILES string of the molecule is O=C1CC=Cc2[nH]c(=O)ncc21. The lowest BCUT2D eigenvalue weighted by Crippen LogP contribution is -2.16. The van der Waals surface area contributed by atoms with Gasteiger partial charge in [0.2, 0.25) is 0 Å². The number of fused-ring (bicyclic) bond motifs is 1. The number of hydrogen-bond donors (Lipinski definition) is 1. The van der Waals surface area contributed by atoms with Crippen LogP contribution < -0.4 is 5.69 Å². The summed E-state index contributed by atoms with van der Waals surface area (Å²) < 4.78 is 0. The lowest BCUT2D eigenvalue weighted by atomic mass is 10.0. The van der Waals surface area contributed by atoms with Crippen molar-refractivity contribution in [1.82, 2.24) is 9.97 Å². The molecule has 1 aromatic rings. The smallest absolute Gasteiger partial charge is 0.305 e. The van der Waals surface area contributed by atoms with Gasteiger partial charge in [-0.25, -0.2) is 9.78 Å². The number of allylic oxidation sites excluding steroid dienone is 1. The Morgan fingerprint density at radius 2 is 2.25 bits per heavy atom. The Hall–Kier alpha value is -1.71. The summed E-state index contributed by atoms with van der Waals surface area (Å²) in [4.78, 5) is 27.9. The van der Waals surface area contributed by atoms with Gasteiger partial charge in [-0.15, -0.1) is 0 Å². The Morgan fingerprint density at radius 1 is 1.42 bits per heavy atom. The maximum absolute atomic E-state index is 11.2. The van der Waals surface area contributed by atoms with Crippen molar-refractivity contribution in [2.75, 3.05) is 0 Å². The molecule has 0 unspecified atom stereocenters. The van der Waals surface area contributed by atoms with Crippen LogP contribution in [0.3, 0.4) is 0 Å². The third kappa shape index (κ3) is 0.972. The quantitative estimate of drug-likeness (QED) is 0.599. The minimum atomic E-state index is -0.423. The van der Waals surface area contributed by atoms with Gasteiger partial charge < -0.3 is 4.98 Å². The van der Waals surface area contributed by atoms with E-state index >= 15 is 0 Å². The van der Waals surface area contributed by atoms with Crippen LogP contribution in [0.2, 0.25) is 0 Å². The molecular formula is C8H6N2O2. The summed E-state index contributed by atoms with van der Waals surface area (Å²) in [6.07, 6.45) is 5.15. The van der Waals surface area contributed by atoms with Gasteiger partial charge in [-0.2, -0.15) is 0 Å². The molecule has 0 fully saturated rings. The van der Waals surface area contributed by atoms with Crippen LogP contribution in [-0.2, 0) is 0 Å². The first kappa shape index (κ1) is 6.97. The van der Waals surface area contributed by atoms with E-state index in [4.69, 9.17) is 0 Å². The molecule has 60 valence electrons. The molecule has 0 aromatic carbocycles. The Balaban J connectivity index is 2.70. The normalized spacial score (nSPS) is 14.5. The second kappa shape index (κ2) is 2.41. The molecule has 0 amide bonds. The van der Waals surface area contributed by atoms with Gasteiger partial charge >= 0.3 is 5.69 Å². The van der Waals surface area contributed by atoms with Crippen LogP contribution in [0.4, 0.5) is 0 Å². The third-order valence-corrected chi connectivity index (χ3v) is 1.73. The molecule has 1 heterocycles. The van der Waals surface area contributed by atoms with Crippen molar-refractivity contribution in [2.45, 2.75) is 6.42 Å². The highest BCUT2D eigenvalue weighted by atomic mass is 16.1. The molecule has 2 rings (SSSR count). The van der Waals surface area contributed by atoms with Crippen molar-refractivity contribution in [1.29, 1.82) is 0 Å². The molecule has 12 heavy (non-hydrogen) atoms. The van der Waals surface area contributed by atoms with Gasteiger partial charge in [0.05, 0.1) is 11.3 Å². The van der Waals surface area contributed by atoms with Crippen molar-refractivity contribution < 1.29 is 4.79 Å². The molecular weight excluding hydrogens is 156 g/mol. The molecule has 0 saturated carbocycles. The van der Waals surface area contributed by atoms with Crippen molar-refractivity contribution in [3.8, 4) is 0 Å². The number of carbonyl (C=O) groups is 1. The summed E-state index contributed by atoms with van der Waals surface area (Å²) in [6.45, 7) is 0. The molecule has 4 nitrogen and oxygen atoms in total. The number of aromatic amines is 1. The average Bonchev–Trinajstić information content (AvgIpc) is 2.04. The summed E-state index contributed by atoms with van der Waals surface area (Å²) in [5.41, 5.74) is 0.636. The predicted molar refractivity (Wildman–Crippen MR) is 42.8 cm³/mol. The first-order chi connectivity index (χ1) is 5.77. The monoisotopic (exact) mass is 162 g/mol. The van der Waals surface area contributed by atoms with Crippen LogP contribution >= 0.6 is 0 Å². The molecule has 0 spiro atoms. The maximum Gasteiger partial charge on any atom is 0.345 e. The van der Waals surface area contributed by atoms with E-state index < -0.39 is 5.69 Å². The van der Waals surface area contributed by atoms with Crippen molar-refractivity contribution in [2.24, 2.45) is 0 Å². The lowest BCUT2D eigenvalue weighted by Gasteiger charge is -2.05. The molecule has 1 aromatic heterocycles. The number of aromatic nitrogens is 2. The fourth-order valence-corrected chi connectivity index (χ4v) is 1.15. The number of carbonyl (C=O) groups excluding carboxylic acids is 1. The van der Waals surface area contributed by atoms with Gasteiger partial charge in [-0.05, 0) is 6.08 Å².